The van der Waals surface area contributed by atoms with Gasteiger partial charge in [0.25, 0.3) is 0 Å². The molecule has 0 saturated carbocycles. The van der Waals surface area contributed by atoms with Crippen molar-refractivity contribution in [3.8, 4) is 5.69 Å². The molecule has 0 aliphatic rings. The van der Waals surface area contributed by atoms with Gasteiger partial charge < -0.3 is 5.32 Å². The van der Waals surface area contributed by atoms with E-state index in [0.29, 0.717) is 10.7 Å². The number of hydrogen-bond donors (Lipinski definition) is 1. The van der Waals surface area contributed by atoms with E-state index in [-0.39, 0.29) is 11.7 Å². The topological polar surface area (TPSA) is 59.8 Å². The molecule has 1 heterocycles. The van der Waals surface area contributed by atoms with Gasteiger partial charge >= 0.3 is 0 Å². The predicted octanol–water partition coefficient (Wildman–Crippen LogP) is 4.44. The van der Waals surface area contributed by atoms with Crippen LogP contribution < -0.4 is 5.32 Å². The molecule has 5 nitrogen and oxygen atoms in total. The molecular formula is C21H22F2N4OS. The minimum atomic E-state index is -0.935. The first-order chi connectivity index (χ1) is 13.8. The van der Waals surface area contributed by atoms with Gasteiger partial charge in [0.1, 0.15) is 5.82 Å². The summed E-state index contributed by atoms with van der Waals surface area (Å²) < 4.78 is 28.4. The molecule has 0 bridgehead atoms. The number of aryl methyl sites for hydroxylation is 3. The number of hydrogen-bond acceptors (Lipinski definition) is 4. The quantitative estimate of drug-likeness (QED) is 0.604. The number of rotatable bonds is 6. The fourth-order valence-corrected chi connectivity index (χ4v) is 3.75. The molecule has 0 aliphatic heterocycles. The van der Waals surface area contributed by atoms with E-state index in [1.54, 1.807) is 6.92 Å². The zero-order valence-corrected chi connectivity index (χ0v) is 17.5. The fourth-order valence-electron chi connectivity index (χ4n) is 2.95. The number of carbonyl (C=O) groups is 1. The van der Waals surface area contributed by atoms with Crippen molar-refractivity contribution in [3.63, 3.8) is 0 Å². The van der Waals surface area contributed by atoms with Crippen molar-refractivity contribution >= 4 is 17.7 Å². The molecule has 1 unspecified atom stereocenters. The highest BCUT2D eigenvalue weighted by molar-refractivity contribution is 7.99. The summed E-state index contributed by atoms with van der Waals surface area (Å²) in [4.78, 5) is 12.4. The number of amides is 1. The average molecular weight is 416 g/mol. The predicted molar refractivity (Wildman–Crippen MR) is 109 cm³/mol. The number of halogens is 2. The highest BCUT2D eigenvalue weighted by Gasteiger charge is 2.17. The van der Waals surface area contributed by atoms with Crippen molar-refractivity contribution in [2.75, 3.05) is 5.75 Å². The second-order valence-electron chi connectivity index (χ2n) is 6.91. The number of nitrogens with one attached hydrogen (secondary N) is 1. The van der Waals surface area contributed by atoms with Crippen LogP contribution in [0.25, 0.3) is 5.69 Å². The molecule has 0 radical (unpaired) electrons. The van der Waals surface area contributed by atoms with Gasteiger partial charge in [-0.25, -0.2) is 8.78 Å². The van der Waals surface area contributed by atoms with Crippen molar-refractivity contribution in [3.05, 3.63) is 70.5 Å². The van der Waals surface area contributed by atoms with Gasteiger partial charge in [0.15, 0.2) is 16.8 Å². The standard InChI is InChI=1S/C21H22F2N4OS/c1-12-5-6-13(2)19(9-12)27-15(4)25-26-21(27)29-11-20(28)24-14(3)16-7-8-17(22)18(23)10-16/h5-10,14H,11H2,1-4H3,(H,24,28). The first-order valence-electron chi connectivity index (χ1n) is 9.13. The lowest BCUT2D eigenvalue weighted by Crippen LogP contribution is -2.28. The number of carbonyl (C=O) groups excluding carboxylic acids is 1. The summed E-state index contributed by atoms with van der Waals surface area (Å²) in [5.41, 5.74) is 3.67. The lowest BCUT2D eigenvalue weighted by molar-refractivity contribution is -0.119. The lowest BCUT2D eigenvalue weighted by Gasteiger charge is -2.15. The molecule has 0 saturated heterocycles. The Bertz CT molecular complexity index is 1050. The highest BCUT2D eigenvalue weighted by atomic mass is 32.2. The van der Waals surface area contributed by atoms with E-state index in [1.165, 1.54) is 17.8 Å². The molecular weight excluding hydrogens is 394 g/mol. The molecule has 8 heteroatoms. The molecule has 2 aromatic carbocycles. The first kappa shape index (κ1) is 21.0. The maximum absolute atomic E-state index is 13.4. The van der Waals surface area contributed by atoms with E-state index in [2.05, 4.69) is 21.6 Å². The molecule has 3 rings (SSSR count). The molecule has 29 heavy (non-hydrogen) atoms. The molecule has 1 atom stereocenters. The highest BCUT2D eigenvalue weighted by Crippen LogP contribution is 2.25. The molecule has 1 amide bonds. The van der Waals surface area contributed by atoms with Crippen molar-refractivity contribution in [2.24, 2.45) is 0 Å². The van der Waals surface area contributed by atoms with E-state index in [4.69, 9.17) is 0 Å². The summed E-state index contributed by atoms with van der Waals surface area (Å²) in [5, 5.41) is 11.8. The molecule has 1 aromatic heterocycles. The van der Waals surface area contributed by atoms with E-state index in [1.807, 2.05) is 37.5 Å². The maximum atomic E-state index is 13.4. The number of aromatic nitrogens is 3. The van der Waals surface area contributed by atoms with Crippen LogP contribution in [0.4, 0.5) is 8.78 Å². The molecule has 152 valence electrons. The van der Waals surface area contributed by atoms with Gasteiger partial charge in [0.2, 0.25) is 5.91 Å². The maximum Gasteiger partial charge on any atom is 0.230 e. The number of benzene rings is 2. The van der Waals surface area contributed by atoms with Crippen LogP contribution in [-0.2, 0) is 4.79 Å². The Kier molecular flexibility index (Phi) is 6.32. The minimum absolute atomic E-state index is 0.122. The van der Waals surface area contributed by atoms with Crippen LogP contribution >= 0.6 is 11.8 Å². The molecule has 0 spiro atoms. The Morgan fingerprint density at radius 2 is 1.86 bits per heavy atom. The molecule has 0 fully saturated rings. The summed E-state index contributed by atoms with van der Waals surface area (Å²) in [6, 6.07) is 9.29. The van der Waals surface area contributed by atoms with Gasteiger partial charge in [-0.3, -0.25) is 9.36 Å². The van der Waals surface area contributed by atoms with Crippen LogP contribution in [0.5, 0.6) is 0 Å². The monoisotopic (exact) mass is 416 g/mol. The van der Waals surface area contributed by atoms with Crippen LogP contribution in [-0.4, -0.2) is 26.4 Å². The van der Waals surface area contributed by atoms with Crippen molar-refractivity contribution in [1.29, 1.82) is 0 Å². The summed E-state index contributed by atoms with van der Waals surface area (Å²) in [6.45, 7) is 7.61. The minimum Gasteiger partial charge on any atom is -0.349 e. The summed E-state index contributed by atoms with van der Waals surface area (Å²) in [6.07, 6.45) is 0. The third-order valence-corrected chi connectivity index (χ3v) is 5.48. The summed E-state index contributed by atoms with van der Waals surface area (Å²) in [7, 11) is 0. The van der Waals surface area contributed by atoms with Gasteiger partial charge in [0, 0.05) is 0 Å². The van der Waals surface area contributed by atoms with Crippen LogP contribution in [0.15, 0.2) is 41.6 Å². The Hall–Kier alpha value is -2.74. The van der Waals surface area contributed by atoms with Crippen molar-refractivity contribution < 1.29 is 13.6 Å². The van der Waals surface area contributed by atoms with Gasteiger partial charge in [-0.15, -0.1) is 10.2 Å². The fraction of sp³-hybridized carbons (Fsp3) is 0.286. The van der Waals surface area contributed by atoms with Gasteiger partial charge in [0.05, 0.1) is 17.5 Å². The van der Waals surface area contributed by atoms with Gasteiger partial charge in [-0.2, -0.15) is 0 Å². The van der Waals surface area contributed by atoms with Crippen LogP contribution in [0.2, 0.25) is 0 Å². The Labute approximate surface area is 172 Å². The largest absolute Gasteiger partial charge is 0.349 e. The zero-order valence-electron chi connectivity index (χ0n) is 16.7. The molecule has 1 N–H and O–H groups in total. The zero-order chi connectivity index (χ0) is 21.1. The van der Waals surface area contributed by atoms with E-state index < -0.39 is 17.7 Å². The lowest BCUT2D eigenvalue weighted by atomic mass is 10.1. The van der Waals surface area contributed by atoms with E-state index >= 15 is 0 Å². The van der Waals surface area contributed by atoms with Gasteiger partial charge in [-0.1, -0.05) is 30.0 Å². The van der Waals surface area contributed by atoms with E-state index in [0.717, 1.165) is 34.8 Å². The smallest absolute Gasteiger partial charge is 0.230 e. The summed E-state index contributed by atoms with van der Waals surface area (Å²) in [5.74, 6) is -1.23. The average Bonchev–Trinajstić information content (AvgIpc) is 3.04. The second kappa shape index (κ2) is 8.73. The second-order valence-corrected chi connectivity index (χ2v) is 7.85. The third-order valence-electron chi connectivity index (χ3n) is 4.55. The number of thioether (sulfide) groups is 1. The molecule has 0 aliphatic carbocycles. The normalized spacial score (nSPS) is 12.1. The Morgan fingerprint density at radius 3 is 2.59 bits per heavy atom. The Balaban J connectivity index is 1.69. The number of nitrogens with zero attached hydrogens (tertiary/aromatic N) is 3. The SMILES string of the molecule is Cc1ccc(C)c(-n2c(C)nnc2SCC(=O)NC(C)c2ccc(F)c(F)c2)c1. The van der Waals surface area contributed by atoms with E-state index in [9.17, 15) is 13.6 Å². The van der Waals surface area contributed by atoms with Crippen LogP contribution in [0.1, 0.15) is 35.5 Å². The van der Waals surface area contributed by atoms with Crippen molar-refractivity contribution in [1.82, 2.24) is 20.1 Å². The van der Waals surface area contributed by atoms with Crippen LogP contribution in [0, 0.1) is 32.4 Å². The van der Waals surface area contributed by atoms with Gasteiger partial charge in [-0.05, 0) is 62.6 Å². The Morgan fingerprint density at radius 1 is 1.10 bits per heavy atom. The first-order valence-corrected chi connectivity index (χ1v) is 10.1. The van der Waals surface area contributed by atoms with Crippen LogP contribution in [0.3, 0.4) is 0 Å². The van der Waals surface area contributed by atoms with Crippen molar-refractivity contribution in [2.45, 2.75) is 38.9 Å². The third kappa shape index (κ3) is 4.82. The molecule has 3 aromatic rings. The summed E-state index contributed by atoms with van der Waals surface area (Å²) >= 11 is 1.27.